The molecule has 0 spiro atoms. The molecule has 0 fully saturated rings. The fourth-order valence-electron chi connectivity index (χ4n) is 2.02. The van der Waals surface area contributed by atoms with Crippen molar-refractivity contribution in [2.45, 2.75) is 45.4 Å². The minimum Gasteiger partial charge on any atom is -0.496 e. The first-order valence-electron chi connectivity index (χ1n) is 7.08. The molecule has 0 bridgehead atoms. The summed E-state index contributed by atoms with van der Waals surface area (Å²) in [5.41, 5.74) is 1.63. The van der Waals surface area contributed by atoms with E-state index in [1.807, 2.05) is 18.2 Å². The summed E-state index contributed by atoms with van der Waals surface area (Å²) < 4.78 is 9.84. The van der Waals surface area contributed by atoms with Gasteiger partial charge in [-0.2, -0.15) is 0 Å². The number of benzene rings is 1. The van der Waals surface area contributed by atoms with Gasteiger partial charge in [0.05, 0.1) is 19.8 Å². The Morgan fingerprint density at radius 2 is 1.76 bits per heavy atom. The van der Waals surface area contributed by atoms with Gasteiger partial charge in [0.25, 0.3) is 0 Å². The highest BCUT2D eigenvalue weighted by Gasteiger charge is 2.19. The van der Waals surface area contributed by atoms with Crippen molar-refractivity contribution in [2.24, 2.45) is 0 Å². The van der Waals surface area contributed by atoms with Crippen LogP contribution in [0.15, 0.2) is 18.2 Å². The molecule has 0 radical (unpaired) electrons. The molecule has 21 heavy (non-hydrogen) atoms. The van der Waals surface area contributed by atoms with Gasteiger partial charge in [0.15, 0.2) is 5.78 Å². The highest BCUT2D eigenvalue weighted by molar-refractivity contribution is 5.99. The van der Waals surface area contributed by atoms with Crippen molar-refractivity contribution in [1.29, 1.82) is 0 Å². The van der Waals surface area contributed by atoms with Gasteiger partial charge in [0.2, 0.25) is 0 Å². The van der Waals surface area contributed by atoms with E-state index in [1.54, 1.807) is 7.11 Å². The zero-order chi connectivity index (χ0) is 16.0. The van der Waals surface area contributed by atoms with Crippen molar-refractivity contribution in [3.05, 3.63) is 29.3 Å². The molecule has 0 aliphatic rings. The van der Waals surface area contributed by atoms with Crippen LogP contribution in [0.5, 0.6) is 5.75 Å². The summed E-state index contributed by atoms with van der Waals surface area (Å²) in [6, 6.07) is 5.69. The van der Waals surface area contributed by atoms with Gasteiger partial charge in [-0.3, -0.25) is 9.59 Å². The maximum absolute atomic E-state index is 12.3. The molecule has 0 aliphatic heterocycles. The Labute approximate surface area is 126 Å². The summed E-state index contributed by atoms with van der Waals surface area (Å²) in [6.45, 7) is 6.29. The van der Waals surface area contributed by atoms with Crippen LogP contribution >= 0.6 is 0 Å². The van der Waals surface area contributed by atoms with Crippen molar-refractivity contribution in [3.8, 4) is 5.75 Å². The highest BCUT2D eigenvalue weighted by Crippen LogP contribution is 2.29. The Bertz CT molecular complexity index is 512. The van der Waals surface area contributed by atoms with E-state index >= 15 is 0 Å². The van der Waals surface area contributed by atoms with Crippen LogP contribution in [0.3, 0.4) is 0 Å². The van der Waals surface area contributed by atoms with E-state index in [4.69, 9.17) is 4.74 Å². The Balaban J connectivity index is 2.88. The van der Waals surface area contributed by atoms with E-state index in [-0.39, 0.29) is 23.6 Å². The lowest BCUT2D eigenvalue weighted by Gasteiger charge is -2.20. The number of ether oxygens (including phenoxy) is 2. The fraction of sp³-hybridized carbons (Fsp3) is 0.529. The van der Waals surface area contributed by atoms with Crippen molar-refractivity contribution >= 4 is 11.8 Å². The highest BCUT2D eigenvalue weighted by atomic mass is 16.5. The van der Waals surface area contributed by atoms with Gasteiger partial charge in [-0.1, -0.05) is 26.8 Å². The van der Waals surface area contributed by atoms with Gasteiger partial charge in [0, 0.05) is 12.8 Å². The molecule has 0 heterocycles. The second-order valence-corrected chi connectivity index (χ2v) is 6.02. The number of hydrogen-bond donors (Lipinski definition) is 0. The maximum atomic E-state index is 12.3. The second kappa shape index (κ2) is 7.25. The average molecular weight is 292 g/mol. The molecule has 1 aromatic rings. The van der Waals surface area contributed by atoms with E-state index in [1.165, 1.54) is 7.11 Å². The number of methoxy groups -OCH3 is 2. The van der Waals surface area contributed by atoms with Gasteiger partial charge < -0.3 is 9.47 Å². The first kappa shape index (κ1) is 17.2. The van der Waals surface area contributed by atoms with E-state index in [0.717, 1.165) is 5.56 Å². The van der Waals surface area contributed by atoms with Gasteiger partial charge >= 0.3 is 5.97 Å². The quantitative estimate of drug-likeness (QED) is 0.594. The van der Waals surface area contributed by atoms with Crippen LogP contribution in [0, 0.1) is 0 Å². The first-order chi connectivity index (χ1) is 9.79. The number of ketones is 1. The van der Waals surface area contributed by atoms with Crippen molar-refractivity contribution in [1.82, 2.24) is 0 Å². The fourth-order valence-corrected chi connectivity index (χ4v) is 2.02. The number of carbonyl (C=O) groups excluding carboxylic acids is 2. The average Bonchev–Trinajstić information content (AvgIpc) is 2.45. The molecule has 0 amide bonds. The van der Waals surface area contributed by atoms with Gasteiger partial charge in [-0.25, -0.2) is 0 Å². The molecular formula is C17H24O4. The van der Waals surface area contributed by atoms with Crippen LogP contribution in [0.25, 0.3) is 0 Å². The lowest BCUT2D eigenvalue weighted by atomic mass is 9.85. The Kier molecular flexibility index (Phi) is 5.94. The molecule has 4 nitrogen and oxygen atoms in total. The molecule has 0 saturated carbocycles. The zero-order valence-electron chi connectivity index (χ0n) is 13.5. The van der Waals surface area contributed by atoms with E-state index in [0.29, 0.717) is 24.2 Å². The van der Waals surface area contributed by atoms with E-state index in [9.17, 15) is 9.59 Å². The molecule has 1 rings (SSSR count). The van der Waals surface area contributed by atoms with E-state index in [2.05, 4.69) is 25.5 Å². The molecule has 0 N–H and O–H groups in total. The predicted molar refractivity (Wildman–Crippen MR) is 81.9 cm³/mol. The Morgan fingerprint density at radius 3 is 2.29 bits per heavy atom. The summed E-state index contributed by atoms with van der Waals surface area (Å²) in [5.74, 6) is 0.270. The lowest BCUT2D eigenvalue weighted by molar-refractivity contribution is -0.140. The number of carbonyl (C=O) groups is 2. The molecule has 0 unspecified atom stereocenters. The van der Waals surface area contributed by atoms with Crippen LogP contribution in [0.1, 0.15) is 56.0 Å². The Hall–Kier alpha value is -1.84. The molecule has 0 aromatic heterocycles. The molecular weight excluding hydrogens is 268 g/mol. The van der Waals surface area contributed by atoms with Crippen molar-refractivity contribution in [2.75, 3.05) is 14.2 Å². The monoisotopic (exact) mass is 292 g/mol. The van der Waals surface area contributed by atoms with Crippen LogP contribution in [-0.4, -0.2) is 26.0 Å². The second-order valence-electron chi connectivity index (χ2n) is 6.02. The van der Waals surface area contributed by atoms with Gasteiger partial charge in [-0.15, -0.1) is 0 Å². The number of Topliss-reactive ketones (excluding diaryl/α,β-unsaturated/α-hetero) is 1. The first-order valence-corrected chi connectivity index (χ1v) is 7.08. The Morgan fingerprint density at radius 1 is 1.10 bits per heavy atom. The summed E-state index contributed by atoms with van der Waals surface area (Å²) >= 11 is 0. The summed E-state index contributed by atoms with van der Waals surface area (Å²) in [5, 5.41) is 0. The standard InChI is InChI=1S/C17H24O4/c1-17(2,3)12-9-10-15(20-4)13(11-12)14(18)7-6-8-16(19)21-5/h9-11H,6-8H2,1-5H3. The van der Waals surface area contributed by atoms with Crippen molar-refractivity contribution in [3.63, 3.8) is 0 Å². The molecule has 0 saturated heterocycles. The molecule has 0 atom stereocenters. The molecule has 116 valence electrons. The molecule has 4 heteroatoms. The molecule has 1 aromatic carbocycles. The molecule has 0 aliphatic carbocycles. The third-order valence-corrected chi connectivity index (χ3v) is 3.38. The van der Waals surface area contributed by atoms with Gasteiger partial charge in [-0.05, 0) is 29.5 Å². The van der Waals surface area contributed by atoms with Crippen molar-refractivity contribution < 1.29 is 19.1 Å². The number of esters is 1. The van der Waals surface area contributed by atoms with Crippen LogP contribution in [0.2, 0.25) is 0 Å². The zero-order valence-corrected chi connectivity index (χ0v) is 13.5. The van der Waals surface area contributed by atoms with Gasteiger partial charge in [0.1, 0.15) is 5.75 Å². The topological polar surface area (TPSA) is 52.6 Å². The normalized spacial score (nSPS) is 11.1. The summed E-state index contributed by atoms with van der Waals surface area (Å²) in [7, 11) is 2.90. The third kappa shape index (κ3) is 4.88. The van der Waals surface area contributed by atoms with E-state index < -0.39 is 0 Å². The SMILES string of the molecule is COC(=O)CCCC(=O)c1cc(C(C)(C)C)ccc1OC. The largest absolute Gasteiger partial charge is 0.496 e. The van der Waals surface area contributed by atoms with Crippen LogP contribution in [0.4, 0.5) is 0 Å². The number of hydrogen-bond acceptors (Lipinski definition) is 4. The van der Waals surface area contributed by atoms with Crippen LogP contribution in [-0.2, 0) is 14.9 Å². The third-order valence-electron chi connectivity index (χ3n) is 3.38. The smallest absolute Gasteiger partial charge is 0.305 e. The van der Waals surface area contributed by atoms with Crippen LogP contribution < -0.4 is 4.74 Å². The summed E-state index contributed by atoms with van der Waals surface area (Å²) in [6.07, 6.45) is 1.04. The number of rotatable bonds is 6. The summed E-state index contributed by atoms with van der Waals surface area (Å²) in [4.78, 5) is 23.4. The minimum atomic E-state index is -0.293. The lowest BCUT2D eigenvalue weighted by Crippen LogP contribution is -2.13. The maximum Gasteiger partial charge on any atom is 0.305 e. The predicted octanol–water partition coefficient (Wildman–Crippen LogP) is 3.52. The minimum absolute atomic E-state index is 0.0122.